The van der Waals surface area contributed by atoms with Gasteiger partial charge in [-0.1, -0.05) is 42.5 Å². The third kappa shape index (κ3) is 4.55. The maximum atomic E-state index is 12.4. The standard InChI is InChI=1S/C19H25N3O2/c1-13(2)22(11-18(20)23)12-19(24)21-14(3)16-10-6-8-15-7-4-5-9-17(15)16/h4-10,13-14H,11-12H2,1-3H3,(H2,20,23)(H,21,24). The fourth-order valence-corrected chi connectivity index (χ4v) is 2.80. The predicted octanol–water partition coefficient (Wildman–Crippen LogP) is 2.21. The van der Waals surface area contributed by atoms with Crippen molar-refractivity contribution in [3.05, 3.63) is 48.0 Å². The number of rotatable bonds is 7. The van der Waals surface area contributed by atoms with E-state index in [0.717, 1.165) is 16.3 Å². The Morgan fingerprint density at radius 3 is 2.38 bits per heavy atom. The molecule has 3 N–H and O–H groups in total. The summed E-state index contributed by atoms with van der Waals surface area (Å²) in [5.74, 6) is -0.552. The van der Waals surface area contributed by atoms with Crippen molar-refractivity contribution in [3.8, 4) is 0 Å². The number of hydrogen-bond donors (Lipinski definition) is 2. The molecule has 5 heteroatoms. The Morgan fingerprint density at radius 1 is 1.04 bits per heavy atom. The number of carbonyl (C=O) groups excluding carboxylic acids is 2. The van der Waals surface area contributed by atoms with Gasteiger partial charge in [-0.05, 0) is 37.1 Å². The highest BCUT2D eigenvalue weighted by molar-refractivity contribution is 5.87. The molecule has 0 fully saturated rings. The minimum atomic E-state index is -0.432. The van der Waals surface area contributed by atoms with E-state index < -0.39 is 5.91 Å². The lowest BCUT2D eigenvalue weighted by Gasteiger charge is -2.25. The molecule has 2 aromatic carbocycles. The first kappa shape index (κ1) is 17.9. The molecule has 0 saturated carbocycles. The lowest BCUT2D eigenvalue weighted by molar-refractivity contribution is -0.125. The first-order chi connectivity index (χ1) is 11.4. The molecule has 0 radical (unpaired) electrons. The van der Waals surface area contributed by atoms with Gasteiger partial charge in [-0.15, -0.1) is 0 Å². The van der Waals surface area contributed by atoms with Gasteiger partial charge in [-0.3, -0.25) is 14.5 Å². The van der Waals surface area contributed by atoms with Crippen LogP contribution in [0.1, 0.15) is 32.4 Å². The van der Waals surface area contributed by atoms with Gasteiger partial charge in [0.05, 0.1) is 19.1 Å². The zero-order valence-corrected chi connectivity index (χ0v) is 14.5. The minimum absolute atomic E-state index is 0.0658. The monoisotopic (exact) mass is 327 g/mol. The van der Waals surface area contributed by atoms with Gasteiger partial charge >= 0.3 is 0 Å². The molecule has 0 aliphatic carbocycles. The zero-order valence-electron chi connectivity index (χ0n) is 14.5. The third-order valence-corrected chi connectivity index (χ3v) is 4.10. The Labute approximate surface area is 142 Å². The molecule has 0 aliphatic heterocycles. The summed E-state index contributed by atoms with van der Waals surface area (Å²) in [7, 11) is 0. The van der Waals surface area contributed by atoms with E-state index in [2.05, 4.69) is 23.5 Å². The van der Waals surface area contributed by atoms with Crippen LogP contribution in [0.3, 0.4) is 0 Å². The maximum absolute atomic E-state index is 12.4. The van der Waals surface area contributed by atoms with Crippen molar-refractivity contribution < 1.29 is 9.59 Å². The fraction of sp³-hybridized carbons (Fsp3) is 0.368. The molecule has 2 rings (SSSR count). The zero-order chi connectivity index (χ0) is 17.7. The molecule has 2 aromatic rings. The summed E-state index contributed by atoms with van der Waals surface area (Å²) in [6, 6.07) is 14.1. The van der Waals surface area contributed by atoms with E-state index in [-0.39, 0.29) is 31.1 Å². The number of benzene rings is 2. The highest BCUT2D eigenvalue weighted by atomic mass is 16.2. The Hall–Kier alpha value is -2.40. The third-order valence-electron chi connectivity index (χ3n) is 4.10. The maximum Gasteiger partial charge on any atom is 0.234 e. The summed E-state index contributed by atoms with van der Waals surface area (Å²) in [4.78, 5) is 25.2. The quantitative estimate of drug-likeness (QED) is 0.819. The van der Waals surface area contributed by atoms with Crippen LogP contribution in [0.25, 0.3) is 10.8 Å². The van der Waals surface area contributed by atoms with Gasteiger partial charge < -0.3 is 11.1 Å². The normalized spacial score (nSPS) is 12.5. The Morgan fingerprint density at radius 2 is 1.71 bits per heavy atom. The molecular formula is C19H25N3O2. The van der Waals surface area contributed by atoms with Gasteiger partial charge in [0.25, 0.3) is 0 Å². The number of amides is 2. The molecule has 24 heavy (non-hydrogen) atoms. The lowest BCUT2D eigenvalue weighted by Crippen LogP contribution is -2.45. The van der Waals surface area contributed by atoms with Gasteiger partial charge in [0, 0.05) is 6.04 Å². The van der Waals surface area contributed by atoms with Crippen LogP contribution in [-0.2, 0) is 9.59 Å². The second kappa shape index (κ2) is 7.93. The number of carbonyl (C=O) groups is 2. The lowest BCUT2D eigenvalue weighted by atomic mass is 10.00. The van der Waals surface area contributed by atoms with Crippen LogP contribution in [0, 0.1) is 0 Å². The molecule has 1 unspecified atom stereocenters. The van der Waals surface area contributed by atoms with Gasteiger partial charge in [0.15, 0.2) is 0 Å². The van der Waals surface area contributed by atoms with E-state index in [1.807, 2.05) is 45.0 Å². The summed E-state index contributed by atoms with van der Waals surface area (Å²) in [5, 5.41) is 5.29. The highest BCUT2D eigenvalue weighted by Crippen LogP contribution is 2.23. The van der Waals surface area contributed by atoms with E-state index in [9.17, 15) is 9.59 Å². The van der Waals surface area contributed by atoms with Crippen LogP contribution in [-0.4, -0.2) is 35.8 Å². The summed E-state index contributed by atoms with van der Waals surface area (Å²) in [5.41, 5.74) is 6.33. The van der Waals surface area contributed by atoms with Gasteiger partial charge in [0.2, 0.25) is 11.8 Å². The number of fused-ring (bicyclic) bond motifs is 1. The summed E-state index contributed by atoms with van der Waals surface area (Å²) < 4.78 is 0. The van der Waals surface area contributed by atoms with Crippen molar-refractivity contribution in [3.63, 3.8) is 0 Å². The van der Waals surface area contributed by atoms with Crippen LogP contribution >= 0.6 is 0 Å². The molecule has 5 nitrogen and oxygen atoms in total. The van der Waals surface area contributed by atoms with Gasteiger partial charge in [0.1, 0.15) is 0 Å². The molecule has 0 saturated heterocycles. The number of nitrogens with two attached hydrogens (primary N) is 1. The molecule has 0 heterocycles. The van der Waals surface area contributed by atoms with Crippen molar-refractivity contribution in [2.45, 2.75) is 32.9 Å². The molecule has 0 spiro atoms. The molecular weight excluding hydrogens is 302 g/mol. The number of hydrogen-bond acceptors (Lipinski definition) is 3. The Bertz CT molecular complexity index is 722. The number of nitrogens with one attached hydrogen (secondary N) is 1. The van der Waals surface area contributed by atoms with Gasteiger partial charge in [-0.25, -0.2) is 0 Å². The van der Waals surface area contributed by atoms with Crippen molar-refractivity contribution in [1.29, 1.82) is 0 Å². The van der Waals surface area contributed by atoms with E-state index in [4.69, 9.17) is 5.73 Å². The summed E-state index contributed by atoms with van der Waals surface area (Å²) in [6.45, 7) is 6.06. The second-order valence-corrected chi connectivity index (χ2v) is 6.32. The van der Waals surface area contributed by atoms with Crippen LogP contribution in [0.4, 0.5) is 0 Å². The largest absolute Gasteiger partial charge is 0.369 e. The van der Waals surface area contributed by atoms with Crippen molar-refractivity contribution >= 4 is 22.6 Å². The van der Waals surface area contributed by atoms with Crippen molar-refractivity contribution in [2.75, 3.05) is 13.1 Å². The Kier molecular flexibility index (Phi) is 5.93. The predicted molar refractivity (Wildman–Crippen MR) is 96.4 cm³/mol. The number of nitrogens with zero attached hydrogens (tertiary/aromatic N) is 1. The highest BCUT2D eigenvalue weighted by Gasteiger charge is 2.18. The topological polar surface area (TPSA) is 75.4 Å². The van der Waals surface area contributed by atoms with E-state index >= 15 is 0 Å². The smallest absolute Gasteiger partial charge is 0.234 e. The van der Waals surface area contributed by atoms with E-state index in [1.165, 1.54) is 0 Å². The summed E-state index contributed by atoms with van der Waals surface area (Å²) in [6.07, 6.45) is 0. The summed E-state index contributed by atoms with van der Waals surface area (Å²) >= 11 is 0. The van der Waals surface area contributed by atoms with E-state index in [0.29, 0.717) is 0 Å². The average Bonchev–Trinajstić information content (AvgIpc) is 2.53. The Balaban J connectivity index is 2.09. The van der Waals surface area contributed by atoms with Crippen LogP contribution in [0.5, 0.6) is 0 Å². The second-order valence-electron chi connectivity index (χ2n) is 6.32. The van der Waals surface area contributed by atoms with Gasteiger partial charge in [-0.2, -0.15) is 0 Å². The average molecular weight is 327 g/mol. The minimum Gasteiger partial charge on any atom is -0.369 e. The molecule has 1 atom stereocenters. The van der Waals surface area contributed by atoms with Crippen LogP contribution in [0.15, 0.2) is 42.5 Å². The molecule has 0 aliphatic rings. The number of primary amides is 1. The van der Waals surface area contributed by atoms with Crippen molar-refractivity contribution in [2.24, 2.45) is 5.73 Å². The molecule has 0 aromatic heterocycles. The first-order valence-electron chi connectivity index (χ1n) is 8.18. The van der Waals surface area contributed by atoms with Crippen LogP contribution < -0.4 is 11.1 Å². The molecule has 2 amide bonds. The van der Waals surface area contributed by atoms with Crippen molar-refractivity contribution in [1.82, 2.24) is 10.2 Å². The molecule has 128 valence electrons. The van der Waals surface area contributed by atoms with E-state index in [1.54, 1.807) is 4.90 Å². The SMILES string of the molecule is CC(NC(=O)CN(CC(N)=O)C(C)C)c1cccc2ccccc12. The first-order valence-corrected chi connectivity index (χ1v) is 8.18. The molecule has 0 bridgehead atoms. The van der Waals surface area contributed by atoms with Crippen LogP contribution in [0.2, 0.25) is 0 Å². The fourth-order valence-electron chi connectivity index (χ4n) is 2.80.